The Hall–Kier alpha value is -1.33. The predicted molar refractivity (Wildman–Crippen MR) is 95.5 cm³/mol. The second-order valence-corrected chi connectivity index (χ2v) is 5.84. The van der Waals surface area contributed by atoms with Crippen molar-refractivity contribution in [2.24, 2.45) is 0 Å². The first-order chi connectivity index (χ1) is 10.8. The molecule has 1 aliphatic rings. The van der Waals surface area contributed by atoms with Gasteiger partial charge in [0, 0.05) is 49.6 Å². The van der Waals surface area contributed by atoms with Crippen LogP contribution < -0.4 is 10.1 Å². The van der Waals surface area contributed by atoms with Crippen LogP contribution in [0.1, 0.15) is 17.2 Å². The van der Waals surface area contributed by atoms with Crippen molar-refractivity contribution < 1.29 is 4.74 Å². The van der Waals surface area contributed by atoms with Crippen molar-refractivity contribution in [2.45, 2.75) is 12.6 Å². The molecule has 4 nitrogen and oxygen atoms in total. The van der Waals surface area contributed by atoms with Crippen LogP contribution in [-0.2, 0) is 6.54 Å². The molecule has 1 unspecified atom stereocenters. The van der Waals surface area contributed by atoms with Crippen LogP contribution in [0.3, 0.4) is 0 Å². The number of pyridine rings is 1. The van der Waals surface area contributed by atoms with Gasteiger partial charge in [-0.2, -0.15) is 0 Å². The van der Waals surface area contributed by atoms with Gasteiger partial charge in [0.1, 0.15) is 5.75 Å². The number of benzene rings is 1. The highest BCUT2D eigenvalue weighted by molar-refractivity contribution is 6.31. The number of ether oxygens (including phenoxy) is 1. The lowest BCUT2D eigenvalue weighted by Crippen LogP contribution is -2.45. The SMILES string of the molecule is COc1ccc(CN2CCNCC2c2ccncc2)c(Cl)c1.Cl. The maximum atomic E-state index is 6.39. The Balaban J connectivity index is 0.00000192. The summed E-state index contributed by atoms with van der Waals surface area (Å²) in [6, 6.07) is 10.4. The van der Waals surface area contributed by atoms with Gasteiger partial charge in [-0.05, 0) is 35.4 Å². The van der Waals surface area contributed by atoms with E-state index in [0.717, 1.165) is 42.5 Å². The average molecular weight is 354 g/mol. The zero-order valence-corrected chi connectivity index (χ0v) is 14.6. The minimum absolute atomic E-state index is 0. The molecule has 1 fully saturated rings. The molecule has 0 radical (unpaired) electrons. The quantitative estimate of drug-likeness (QED) is 0.914. The number of hydrogen-bond donors (Lipinski definition) is 1. The molecule has 1 atom stereocenters. The standard InChI is InChI=1S/C17H20ClN3O.ClH/c1-22-15-3-2-14(16(18)10-15)12-21-9-8-20-11-17(21)13-4-6-19-7-5-13;/h2-7,10,17,20H,8-9,11-12H2,1H3;1H. The van der Waals surface area contributed by atoms with E-state index in [2.05, 4.69) is 27.3 Å². The molecule has 1 saturated heterocycles. The minimum Gasteiger partial charge on any atom is -0.497 e. The molecule has 1 aromatic carbocycles. The molecular formula is C17H21Cl2N3O. The molecule has 0 aliphatic carbocycles. The summed E-state index contributed by atoms with van der Waals surface area (Å²) < 4.78 is 5.22. The molecule has 124 valence electrons. The average Bonchev–Trinajstić information content (AvgIpc) is 2.58. The maximum absolute atomic E-state index is 6.39. The third-order valence-corrected chi connectivity index (χ3v) is 4.43. The molecule has 1 N–H and O–H groups in total. The van der Waals surface area contributed by atoms with E-state index in [9.17, 15) is 0 Å². The van der Waals surface area contributed by atoms with E-state index < -0.39 is 0 Å². The molecule has 0 spiro atoms. The zero-order chi connectivity index (χ0) is 15.4. The summed E-state index contributed by atoms with van der Waals surface area (Å²) in [5.74, 6) is 0.791. The number of aromatic nitrogens is 1. The van der Waals surface area contributed by atoms with Gasteiger partial charge in [-0.15, -0.1) is 12.4 Å². The lowest BCUT2D eigenvalue weighted by atomic mass is 10.0. The largest absolute Gasteiger partial charge is 0.497 e. The van der Waals surface area contributed by atoms with E-state index in [0.29, 0.717) is 6.04 Å². The fourth-order valence-corrected chi connectivity index (χ4v) is 3.08. The van der Waals surface area contributed by atoms with Crippen molar-refractivity contribution >= 4 is 24.0 Å². The molecule has 1 aliphatic heterocycles. The number of hydrogen-bond acceptors (Lipinski definition) is 4. The highest BCUT2D eigenvalue weighted by Crippen LogP contribution is 2.28. The second kappa shape index (κ2) is 8.50. The molecule has 23 heavy (non-hydrogen) atoms. The first-order valence-electron chi connectivity index (χ1n) is 7.45. The van der Waals surface area contributed by atoms with Crippen LogP contribution in [0.2, 0.25) is 5.02 Å². The summed E-state index contributed by atoms with van der Waals surface area (Å²) in [6.07, 6.45) is 3.70. The molecule has 6 heteroatoms. The predicted octanol–water partition coefficient (Wildman–Crippen LogP) is 3.31. The van der Waals surface area contributed by atoms with Gasteiger partial charge in [-0.3, -0.25) is 9.88 Å². The van der Waals surface area contributed by atoms with E-state index in [1.54, 1.807) is 7.11 Å². The molecule has 3 rings (SSSR count). The third kappa shape index (κ3) is 4.36. The second-order valence-electron chi connectivity index (χ2n) is 5.43. The fourth-order valence-electron chi connectivity index (χ4n) is 2.85. The third-order valence-electron chi connectivity index (χ3n) is 4.08. The number of halogens is 2. The number of nitrogens with one attached hydrogen (secondary N) is 1. The normalized spacial score (nSPS) is 18.3. The van der Waals surface area contributed by atoms with Crippen LogP contribution in [0.5, 0.6) is 5.75 Å². The zero-order valence-electron chi connectivity index (χ0n) is 13.0. The van der Waals surface area contributed by atoms with Crippen LogP contribution in [-0.4, -0.2) is 36.6 Å². The Kier molecular flexibility index (Phi) is 6.66. The fraction of sp³-hybridized carbons (Fsp3) is 0.353. The van der Waals surface area contributed by atoms with E-state index in [-0.39, 0.29) is 12.4 Å². The summed E-state index contributed by atoms with van der Waals surface area (Å²) in [5.41, 5.74) is 2.41. The van der Waals surface area contributed by atoms with Gasteiger partial charge in [0.15, 0.2) is 0 Å². The Labute approximate surface area is 148 Å². The first-order valence-corrected chi connectivity index (χ1v) is 7.83. The Morgan fingerprint density at radius 2 is 2.09 bits per heavy atom. The van der Waals surface area contributed by atoms with Crippen molar-refractivity contribution in [3.63, 3.8) is 0 Å². The van der Waals surface area contributed by atoms with Gasteiger partial charge in [0.2, 0.25) is 0 Å². The summed E-state index contributed by atoms with van der Waals surface area (Å²) >= 11 is 6.39. The molecule has 2 heterocycles. The number of methoxy groups -OCH3 is 1. The van der Waals surface area contributed by atoms with Crippen LogP contribution >= 0.6 is 24.0 Å². The molecule has 2 aromatic rings. The molecule has 0 amide bonds. The van der Waals surface area contributed by atoms with Crippen molar-refractivity contribution in [3.8, 4) is 5.75 Å². The van der Waals surface area contributed by atoms with Crippen LogP contribution in [0.15, 0.2) is 42.7 Å². The molecular weight excluding hydrogens is 333 g/mol. The van der Waals surface area contributed by atoms with Gasteiger partial charge in [0.05, 0.1) is 7.11 Å². The van der Waals surface area contributed by atoms with Crippen molar-refractivity contribution in [2.75, 3.05) is 26.7 Å². The topological polar surface area (TPSA) is 37.4 Å². The highest BCUT2D eigenvalue weighted by atomic mass is 35.5. The smallest absolute Gasteiger partial charge is 0.120 e. The summed E-state index contributed by atoms with van der Waals surface area (Å²) in [4.78, 5) is 6.57. The lowest BCUT2D eigenvalue weighted by molar-refractivity contribution is 0.153. The highest BCUT2D eigenvalue weighted by Gasteiger charge is 2.24. The van der Waals surface area contributed by atoms with E-state index in [4.69, 9.17) is 16.3 Å². The van der Waals surface area contributed by atoms with Crippen molar-refractivity contribution in [1.29, 1.82) is 0 Å². The molecule has 1 aromatic heterocycles. The molecule has 0 saturated carbocycles. The number of piperazine rings is 1. The van der Waals surface area contributed by atoms with Crippen LogP contribution in [0, 0.1) is 0 Å². The summed E-state index contributed by atoms with van der Waals surface area (Å²) in [7, 11) is 1.65. The molecule has 0 bridgehead atoms. The lowest BCUT2D eigenvalue weighted by Gasteiger charge is -2.36. The Morgan fingerprint density at radius 3 is 2.78 bits per heavy atom. The van der Waals surface area contributed by atoms with Gasteiger partial charge in [0.25, 0.3) is 0 Å². The van der Waals surface area contributed by atoms with Crippen LogP contribution in [0.25, 0.3) is 0 Å². The summed E-state index contributed by atoms with van der Waals surface area (Å²) in [6.45, 7) is 3.76. The van der Waals surface area contributed by atoms with E-state index in [1.807, 2.05) is 30.6 Å². The van der Waals surface area contributed by atoms with Crippen LogP contribution in [0.4, 0.5) is 0 Å². The van der Waals surface area contributed by atoms with Crippen molar-refractivity contribution in [1.82, 2.24) is 15.2 Å². The van der Waals surface area contributed by atoms with Gasteiger partial charge >= 0.3 is 0 Å². The Bertz CT molecular complexity index is 624. The summed E-state index contributed by atoms with van der Waals surface area (Å²) in [5, 5.41) is 4.22. The Morgan fingerprint density at radius 1 is 1.30 bits per heavy atom. The van der Waals surface area contributed by atoms with Gasteiger partial charge < -0.3 is 10.1 Å². The minimum atomic E-state index is 0. The number of rotatable bonds is 4. The first kappa shape index (κ1) is 18.0. The van der Waals surface area contributed by atoms with Gasteiger partial charge in [-0.25, -0.2) is 0 Å². The maximum Gasteiger partial charge on any atom is 0.120 e. The van der Waals surface area contributed by atoms with Crippen molar-refractivity contribution in [3.05, 3.63) is 58.9 Å². The van der Waals surface area contributed by atoms with E-state index >= 15 is 0 Å². The number of nitrogens with zero attached hydrogens (tertiary/aromatic N) is 2. The van der Waals surface area contributed by atoms with E-state index in [1.165, 1.54) is 5.56 Å². The monoisotopic (exact) mass is 353 g/mol. The van der Waals surface area contributed by atoms with Gasteiger partial charge in [-0.1, -0.05) is 17.7 Å².